The van der Waals surface area contributed by atoms with Gasteiger partial charge >= 0.3 is 68.3 Å². The van der Waals surface area contributed by atoms with Crippen molar-refractivity contribution in [3.63, 3.8) is 0 Å². The summed E-state index contributed by atoms with van der Waals surface area (Å²) in [5.41, 5.74) is -0.272. The summed E-state index contributed by atoms with van der Waals surface area (Å²) in [5.74, 6) is -5.10. The summed E-state index contributed by atoms with van der Waals surface area (Å²) in [4.78, 5) is 22.4. The number of ether oxygens (including phenoxy) is 2. The summed E-state index contributed by atoms with van der Waals surface area (Å²) in [5, 5.41) is 31.7. The molecule has 1 aliphatic rings. The number of halogens is 18. The van der Waals surface area contributed by atoms with Crippen LogP contribution in [0.4, 0.5) is 80.3 Å². The van der Waals surface area contributed by atoms with E-state index in [2.05, 4.69) is 205 Å². The Hall–Kier alpha value is -11.3. The van der Waals surface area contributed by atoms with Crippen LogP contribution in [0.15, 0.2) is 329 Å². The van der Waals surface area contributed by atoms with Gasteiger partial charge < -0.3 is 58.6 Å². The van der Waals surface area contributed by atoms with E-state index in [4.69, 9.17) is 37.4 Å². The van der Waals surface area contributed by atoms with E-state index in [0.29, 0.717) is 60.7 Å². The summed E-state index contributed by atoms with van der Waals surface area (Å²) in [7, 11) is 2.17. The summed E-state index contributed by atoms with van der Waals surface area (Å²) in [6.07, 6.45) is 6.24. The molecular weight excluding hydrogens is 2930 g/mol. The van der Waals surface area contributed by atoms with E-state index in [1.165, 1.54) is 120 Å². The van der Waals surface area contributed by atoms with Crippen molar-refractivity contribution in [3.8, 4) is 67.8 Å². The van der Waals surface area contributed by atoms with Crippen LogP contribution in [0.3, 0.4) is 0 Å². The summed E-state index contributed by atoms with van der Waals surface area (Å²) < 4.78 is 242. The molecule has 0 spiro atoms. The third kappa shape index (κ3) is 47.7. The summed E-state index contributed by atoms with van der Waals surface area (Å²) in [6, 6.07) is 83.1. The van der Waals surface area contributed by atoms with Gasteiger partial charge in [0.15, 0.2) is 5.69 Å². The molecular formula is C102H84BClF17Ir5N14O5P2S-4. The maximum absolute atomic E-state index is 13.7. The molecule has 16 aromatic rings. The van der Waals surface area contributed by atoms with Crippen LogP contribution in [0.2, 0.25) is 0 Å². The van der Waals surface area contributed by atoms with Crippen molar-refractivity contribution in [3.05, 3.63) is 430 Å². The maximum Gasteiger partial charge on any atom is 0.568 e. The summed E-state index contributed by atoms with van der Waals surface area (Å²) >= 11 is 5.17. The van der Waals surface area contributed by atoms with Gasteiger partial charge in [0.2, 0.25) is 0 Å². The van der Waals surface area contributed by atoms with Crippen LogP contribution in [0.5, 0.6) is 11.5 Å². The molecule has 1 fully saturated rings. The van der Waals surface area contributed by atoms with Crippen LogP contribution in [0.25, 0.3) is 66.5 Å². The monoisotopic (exact) mass is 3010 g/mol. The quantitative estimate of drug-likeness (QED) is 0.0184. The van der Waals surface area contributed by atoms with Crippen LogP contribution in [-0.2, 0) is 124 Å². The smallest absolute Gasteiger partial charge is 0.568 e. The molecule has 0 saturated heterocycles. The largest absolute Gasteiger partial charge is 0.753 e. The minimum atomic E-state index is -5.09. The average Bonchev–Trinajstić information content (AvgIpc) is 1.65. The first-order valence-electron chi connectivity index (χ1n) is 42.4. The summed E-state index contributed by atoms with van der Waals surface area (Å²) in [6.45, 7) is 23.2. The first-order valence-corrected chi connectivity index (χ1v) is 48.5. The Morgan fingerprint density at radius 1 is 0.453 bits per heavy atom. The van der Waals surface area contributed by atoms with Crippen LogP contribution in [0.1, 0.15) is 64.0 Å². The Kier molecular flexibility index (Phi) is 64.7. The van der Waals surface area contributed by atoms with Gasteiger partial charge in [-0.2, -0.15) is 66.3 Å². The van der Waals surface area contributed by atoms with Crippen molar-refractivity contribution in [1.29, 1.82) is 5.26 Å². The number of alkyl halides is 12. The SMILES string of the molecule is CCO[PH+](OCC)OCC.FC(F)(F)Oc1c[c-]c(-c2ccccn2)c(OC(F)(F)F)c1.FC(F)(F)c1c[c-]c(-c2ccccn2)cc1.Fc1c[c-]c(-c2ccccn2)c(F)c1.Fc1cc(C(F)(F)F)c[c-]c1-c1ccccn1.[C-]#N.[C-]#[N+]c1c(F)c[c-]c(-c2ccccn2)c1F.[CH2-]C1CCCCC1.[Cl][Ir+2].[Ir].[Ir].[Ir].[Ir].[N-]=C=S.c1ccc([PH+](c2ccccc2)c2ccccc2)cc1.c1cnn(B(n2cccn2)n2cccn2)c1. The zero-order valence-electron chi connectivity index (χ0n) is 77.4. The zero-order valence-corrected chi connectivity index (χ0v) is 92.9. The second-order valence-electron chi connectivity index (χ2n) is 28.1. The van der Waals surface area contributed by atoms with E-state index in [9.17, 15) is 74.6 Å². The number of isothiocyanates is 1. The molecule has 0 N–H and O–H groups in total. The normalized spacial score (nSPS) is 10.9. The van der Waals surface area contributed by atoms with Crippen molar-refractivity contribution in [1.82, 2.24) is 54.0 Å². The van der Waals surface area contributed by atoms with Gasteiger partial charge in [-0.1, -0.05) is 194 Å². The molecule has 0 unspecified atom stereocenters. The number of aromatic nitrogens is 11. The number of nitrogens with zero attached hydrogens (tertiary/aromatic N) is 14. The van der Waals surface area contributed by atoms with Crippen LogP contribution < -0.4 is 25.4 Å². The van der Waals surface area contributed by atoms with Crippen LogP contribution >= 0.6 is 38.3 Å². The number of thiocarbonyl (C=S) groups is 1. The predicted octanol–water partition coefficient (Wildman–Crippen LogP) is 27.1. The molecule has 19 nitrogen and oxygen atoms in total. The molecule has 0 amide bonds. The number of pyridine rings is 5. The molecule has 0 aliphatic heterocycles. The Morgan fingerprint density at radius 3 is 1.14 bits per heavy atom. The first-order chi connectivity index (χ1) is 69.3. The second-order valence-corrected chi connectivity index (χ2v) is 32.1. The molecule has 0 bridgehead atoms. The fraction of sp³-hybridized carbons (Fsp3) is 0.157. The minimum absolute atomic E-state index is 0. The van der Waals surface area contributed by atoms with E-state index in [0.717, 1.165) is 42.3 Å². The van der Waals surface area contributed by atoms with Gasteiger partial charge in [0, 0.05) is 189 Å². The Labute approximate surface area is 921 Å². The van der Waals surface area contributed by atoms with Gasteiger partial charge in [0.05, 0.1) is 34.3 Å². The van der Waals surface area contributed by atoms with E-state index < -0.39 is 99.0 Å². The Morgan fingerprint density at radius 2 is 0.811 bits per heavy atom. The third-order valence-electron chi connectivity index (χ3n) is 18.3. The number of benzene rings is 8. The van der Waals surface area contributed by atoms with Crippen LogP contribution in [-0.4, -0.2) is 98.8 Å². The molecule has 4 radical (unpaired) electrons. The Balaban J connectivity index is 0.000000562. The third-order valence-corrected chi connectivity index (χ3v) is 22.6. The van der Waals surface area contributed by atoms with Crippen LogP contribution in [0, 0.1) is 90.7 Å². The molecule has 8 heterocycles. The van der Waals surface area contributed by atoms with Gasteiger partial charge in [-0.05, 0) is 145 Å². The number of hydrogen-bond acceptors (Lipinski definition) is 15. The van der Waals surface area contributed by atoms with Crippen molar-refractivity contribution < 1.29 is 196 Å². The zero-order chi connectivity index (χ0) is 105. The van der Waals surface area contributed by atoms with Gasteiger partial charge in [0.1, 0.15) is 15.9 Å². The topological polar surface area (TPSA) is 215 Å². The van der Waals surface area contributed by atoms with Gasteiger partial charge in [-0.3, -0.25) is 40.6 Å². The van der Waals surface area contributed by atoms with Crippen molar-refractivity contribution in [2.45, 2.75) is 78.0 Å². The number of hydrogen-bond donors (Lipinski definition) is 0. The van der Waals surface area contributed by atoms with E-state index in [1.807, 2.05) is 57.6 Å². The van der Waals surface area contributed by atoms with E-state index in [1.54, 1.807) is 111 Å². The molecule has 1 aliphatic carbocycles. The minimum Gasteiger partial charge on any atom is -0.753 e. The molecule has 8 aromatic heterocycles. The second kappa shape index (κ2) is 72.2. The predicted molar refractivity (Wildman–Crippen MR) is 519 cm³/mol. The van der Waals surface area contributed by atoms with Crippen molar-refractivity contribution >= 4 is 72.2 Å². The van der Waals surface area contributed by atoms with Gasteiger partial charge in [-0.15, -0.1) is 110 Å². The molecule has 46 heteroatoms. The van der Waals surface area contributed by atoms with Crippen molar-refractivity contribution in [2.75, 3.05) is 19.8 Å². The standard InChI is InChI=1S/C18H15P.C13H6F6NO2.C12H6F4N.C12H7F3N.C12H5F2N2.C11H6F2N.C9H9BN6.C7H13.C6H16O3P.CNS.CN.ClH.5Ir/c1-4-10-16(11-5-1)19(17-12-6-2-7-13-17)18-14-8-3-9-15-18;14-12(15,16)21-8-4-5-9(10-3-1-2-6-20-10)11(7-8)22-13(17,18)19;13-10-7-8(12(14,15)16)4-5-9(10)11-3-1-2-6-17-11;13-12(14,15)10-6-4-9(5-7-10)11-3-1-2-8-16-11;1-15-12-9(13)6-5-8(11(12)14)10-4-2-3-7-16-10;12-8-4-5-9(10(13)7-8)11-3-1-2-6-14-11;1-4-11-14(7-1)10(15-8-2-5-12-15)16-9-3-6-13-16;1-7-5-3-2-4-6-7;1-4-7-10(8-5-2)9-6-3;2-1-3;1-2;;;;;;/h1-15H;1-4,6-7H;1-4,6-7H;1-4,6-8H;2-4,6-7H;1-4,6-7H;1-9H;7H,1-6H2;10H,4-6H2,1-3H3;;;1H;;;;;/q;5*-1;;-1;+1;2*-1;;;;;;+3. The fourth-order valence-electron chi connectivity index (χ4n) is 12.2. The number of rotatable bonds is 19. The van der Waals surface area contributed by atoms with Gasteiger partial charge in [-0.25, -0.2) is 0 Å². The average molecular weight is 3010 g/mol. The van der Waals surface area contributed by atoms with E-state index >= 15 is 0 Å². The molecule has 17 rings (SSSR count). The molecule has 8 aromatic carbocycles. The maximum atomic E-state index is 13.7. The Bertz CT molecular complexity index is 6200. The molecule has 0 atom stereocenters. The van der Waals surface area contributed by atoms with Crippen molar-refractivity contribution in [2.24, 2.45) is 5.92 Å². The first kappa shape index (κ1) is 133. The fourth-order valence-corrected chi connectivity index (χ4v) is 15.8. The molecule has 786 valence electrons. The molecule has 148 heavy (non-hydrogen) atoms. The molecule has 1 saturated carbocycles. The van der Waals surface area contributed by atoms with Gasteiger partial charge in [0.25, 0.3) is 0 Å². The van der Waals surface area contributed by atoms with E-state index in [-0.39, 0.29) is 121 Å².